The number of alkyl halides is 1. The van der Waals surface area contributed by atoms with Crippen molar-refractivity contribution in [2.75, 3.05) is 38.6 Å². The van der Waals surface area contributed by atoms with Crippen LogP contribution in [0.5, 0.6) is 0 Å². The molecule has 19 heavy (non-hydrogen) atoms. The molecule has 1 aromatic carbocycles. The van der Waals surface area contributed by atoms with Gasteiger partial charge < -0.3 is 4.90 Å². The molecule has 1 aliphatic rings. The standard InChI is InChI=1S/C14H18ClFN2O/c1-11-3-2-4-12(13(11)16)14(19)18-9-7-17(6-5-15)8-10-18/h2-4H,5-10H2,1H3. The molecule has 0 bridgehead atoms. The van der Waals surface area contributed by atoms with Gasteiger partial charge in [-0.05, 0) is 18.6 Å². The Bertz CT molecular complexity index is 459. The Labute approximate surface area is 117 Å². The predicted octanol–water partition coefficient (Wildman–Crippen LogP) is 2.13. The number of amides is 1. The largest absolute Gasteiger partial charge is 0.336 e. The van der Waals surface area contributed by atoms with Gasteiger partial charge in [0.05, 0.1) is 5.56 Å². The lowest BCUT2D eigenvalue weighted by Crippen LogP contribution is -2.49. The Hall–Kier alpha value is -1.13. The van der Waals surface area contributed by atoms with E-state index < -0.39 is 5.82 Å². The first-order valence-electron chi connectivity index (χ1n) is 6.46. The first kappa shape index (κ1) is 14.3. The minimum Gasteiger partial charge on any atom is -0.336 e. The van der Waals surface area contributed by atoms with E-state index in [0.29, 0.717) is 24.5 Å². The summed E-state index contributed by atoms with van der Waals surface area (Å²) in [6.07, 6.45) is 0. The lowest BCUT2D eigenvalue weighted by Gasteiger charge is -2.34. The third kappa shape index (κ3) is 3.25. The van der Waals surface area contributed by atoms with Crippen LogP contribution in [-0.2, 0) is 0 Å². The van der Waals surface area contributed by atoms with Crippen molar-refractivity contribution >= 4 is 17.5 Å². The molecule has 0 N–H and O–H groups in total. The molecule has 3 nitrogen and oxygen atoms in total. The summed E-state index contributed by atoms with van der Waals surface area (Å²) in [6, 6.07) is 4.94. The van der Waals surface area contributed by atoms with Gasteiger partial charge in [-0.25, -0.2) is 4.39 Å². The van der Waals surface area contributed by atoms with Gasteiger partial charge in [0.25, 0.3) is 5.91 Å². The molecule has 0 saturated carbocycles. The van der Waals surface area contributed by atoms with Crippen LogP contribution in [0.4, 0.5) is 4.39 Å². The van der Waals surface area contributed by atoms with Crippen molar-refractivity contribution in [1.29, 1.82) is 0 Å². The minimum atomic E-state index is -0.407. The fourth-order valence-corrected chi connectivity index (χ4v) is 2.52. The van der Waals surface area contributed by atoms with Crippen molar-refractivity contribution in [2.45, 2.75) is 6.92 Å². The lowest BCUT2D eigenvalue weighted by molar-refractivity contribution is 0.0639. The van der Waals surface area contributed by atoms with Crippen LogP contribution in [0.25, 0.3) is 0 Å². The number of halogens is 2. The number of hydrogen-bond acceptors (Lipinski definition) is 2. The second-order valence-corrected chi connectivity index (χ2v) is 5.14. The van der Waals surface area contributed by atoms with E-state index in [1.807, 2.05) is 0 Å². The lowest BCUT2D eigenvalue weighted by atomic mass is 10.1. The molecular weight excluding hydrogens is 267 g/mol. The van der Waals surface area contributed by atoms with E-state index in [1.54, 1.807) is 30.0 Å². The fraction of sp³-hybridized carbons (Fsp3) is 0.500. The maximum atomic E-state index is 13.9. The molecule has 0 spiro atoms. The Kier molecular flexibility index (Phi) is 4.77. The van der Waals surface area contributed by atoms with Crippen LogP contribution < -0.4 is 0 Å². The van der Waals surface area contributed by atoms with Crippen LogP contribution in [0.2, 0.25) is 0 Å². The summed E-state index contributed by atoms with van der Waals surface area (Å²) in [5.41, 5.74) is 0.678. The van der Waals surface area contributed by atoms with Crippen molar-refractivity contribution in [3.05, 3.63) is 35.1 Å². The highest BCUT2D eigenvalue weighted by atomic mass is 35.5. The zero-order valence-electron chi connectivity index (χ0n) is 11.0. The number of piperazine rings is 1. The number of nitrogens with zero attached hydrogens (tertiary/aromatic N) is 2. The SMILES string of the molecule is Cc1cccc(C(=O)N2CCN(CCCl)CC2)c1F. The van der Waals surface area contributed by atoms with Crippen LogP contribution in [-0.4, -0.2) is 54.3 Å². The molecule has 1 aromatic rings. The summed E-state index contributed by atoms with van der Waals surface area (Å²) in [5.74, 6) is -0.0251. The van der Waals surface area contributed by atoms with Crippen LogP contribution in [0, 0.1) is 12.7 Å². The van der Waals surface area contributed by atoms with E-state index >= 15 is 0 Å². The number of hydrogen-bond donors (Lipinski definition) is 0. The highest BCUT2D eigenvalue weighted by Gasteiger charge is 2.24. The number of carbonyl (C=O) groups is 1. The van der Waals surface area contributed by atoms with Gasteiger partial charge in [0.1, 0.15) is 5.82 Å². The molecule has 1 saturated heterocycles. The van der Waals surface area contributed by atoms with Gasteiger partial charge in [-0.2, -0.15) is 0 Å². The quantitative estimate of drug-likeness (QED) is 0.794. The van der Waals surface area contributed by atoms with Gasteiger partial charge >= 0.3 is 0 Å². The zero-order valence-corrected chi connectivity index (χ0v) is 11.8. The van der Waals surface area contributed by atoms with E-state index in [-0.39, 0.29) is 11.5 Å². The summed E-state index contributed by atoms with van der Waals surface area (Å²) in [4.78, 5) is 16.2. The number of benzene rings is 1. The topological polar surface area (TPSA) is 23.6 Å². The molecule has 1 amide bonds. The Balaban J connectivity index is 2.03. The second-order valence-electron chi connectivity index (χ2n) is 4.76. The molecule has 2 rings (SSSR count). The average Bonchev–Trinajstić information content (AvgIpc) is 2.42. The molecule has 0 aliphatic carbocycles. The van der Waals surface area contributed by atoms with Gasteiger partial charge in [-0.15, -0.1) is 11.6 Å². The van der Waals surface area contributed by atoms with E-state index in [9.17, 15) is 9.18 Å². The molecule has 5 heteroatoms. The summed E-state index contributed by atoms with van der Waals surface area (Å²) >= 11 is 5.70. The third-order valence-corrected chi connectivity index (χ3v) is 3.65. The van der Waals surface area contributed by atoms with Gasteiger partial charge in [-0.1, -0.05) is 12.1 Å². The molecule has 104 valence electrons. The highest BCUT2D eigenvalue weighted by Crippen LogP contribution is 2.15. The number of rotatable bonds is 3. The molecule has 1 fully saturated rings. The fourth-order valence-electron chi connectivity index (χ4n) is 2.28. The molecular formula is C14H18ClFN2O. The van der Waals surface area contributed by atoms with Crippen LogP contribution in [0.1, 0.15) is 15.9 Å². The Morgan fingerprint density at radius 1 is 1.32 bits per heavy atom. The summed E-state index contributed by atoms with van der Waals surface area (Å²) in [7, 11) is 0. The molecule has 0 unspecified atom stereocenters. The normalized spacial score (nSPS) is 16.7. The summed E-state index contributed by atoms with van der Waals surface area (Å²) in [6.45, 7) is 5.36. The summed E-state index contributed by atoms with van der Waals surface area (Å²) < 4.78 is 13.9. The van der Waals surface area contributed by atoms with Crippen LogP contribution in [0.15, 0.2) is 18.2 Å². The monoisotopic (exact) mass is 284 g/mol. The van der Waals surface area contributed by atoms with E-state index in [1.165, 1.54) is 0 Å². The Morgan fingerprint density at radius 3 is 2.63 bits per heavy atom. The van der Waals surface area contributed by atoms with Crippen LogP contribution >= 0.6 is 11.6 Å². The van der Waals surface area contributed by atoms with Gasteiger partial charge in [0.2, 0.25) is 0 Å². The van der Waals surface area contributed by atoms with Crippen molar-refractivity contribution in [1.82, 2.24) is 9.80 Å². The molecule has 0 atom stereocenters. The molecule has 0 aromatic heterocycles. The number of aryl methyl sites for hydroxylation is 1. The maximum absolute atomic E-state index is 13.9. The van der Waals surface area contributed by atoms with Crippen molar-refractivity contribution in [3.63, 3.8) is 0 Å². The minimum absolute atomic E-state index is 0.172. The third-order valence-electron chi connectivity index (χ3n) is 3.48. The van der Waals surface area contributed by atoms with Crippen molar-refractivity contribution < 1.29 is 9.18 Å². The van der Waals surface area contributed by atoms with Gasteiger partial charge in [0, 0.05) is 38.6 Å². The number of carbonyl (C=O) groups excluding carboxylic acids is 1. The van der Waals surface area contributed by atoms with Crippen LogP contribution in [0.3, 0.4) is 0 Å². The van der Waals surface area contributed by atoms with Gasteiger partial charge in [-0.3, -0.25) is 9.69 Å². The maximum Gasteiger partial charge on any atom is 0.256 e. The van der Waals surface area contributed by atoms with Gasteiger partial charge in [0.15, 0.2) is 0 Å². The average molecular weight is 285 g/mol. The van der Waals surface area contributed by atoms with Crippen molar-refractivity contribution in [3.8, 4) is 0 Å². The predicted molar refractivity (Wildman–Crippen MR) is 74.2 cm³/mol. The zero-order chi connectivity index (χ0) is 13.8. The van der Waals surface area contributed by atoms with E-state index in [4.69, 9.17) is 11.6 Å². The first-order chi connectivity index (χ1) is 9.13. The highest BCUT2D eigenvalue weighted by molar-refractivity contribution is 6.18. The molecule has 0 radical (unpaired) electrons. The molecule has 1 aliphatic heterocycles. The van der Waals surface area contributed by atoms with Crippen molar-refractivity contribution in [2.24, 2.45) is 0 Å². The van der Waals surface area contributed by atoms with E-state index in [2.05, 4.69) is 4.90 Å². The smallest absolute Gasteiger partial charge is 0.256 e. The first-order valence-corrected chi connectivity index (χ1v) is 6.99. The molecule has 1 heterocycles. The Morgan fingerprint density at radius 2 is 2.00 bits per heavy atom. The van der Waals surface area contributed by atoms with E-state index in [0.717, 1.165) is 19.6 Å². The summed E-state index contributed by atoms with van der Waals surface area (Å²) in [5, 5.41) is 0. The second kappa shape index (κ2) is 6.35.